The Labute approximate surface area is 162 Å². The summed E-state index contributed by atoms with van der Waals surface area (Å²) in [7, 11) is 0. The van der Waals surface area contributed by atoms with Crippen LogP contribution in [0.15, 0.2) is 79.3 Å². The van der Waals surface area contributed by atoms with E-state index in [1.54, 1.807) is 17.1 Å². The van der Waals surface area contributed by atoms with Crippen molar-refractivity contribution in [3.05, 3.63) is 79.3 Å². The van der Waals surface area contributed by atoms with E-state index in [0.717, 1.165) is 22.0 Å². The molecule has 0 aliphatic heterocycles. The van der Waals surface area contributed by atoms with Gasteiger partial charge < -0.3 is 10.1 Å². The van der Waals surface area contributed by atoms with E-state index in [0.29, 0.717) is 18.8 Å². The van der Waals surface area contributed by atoms with Crippen molar-refractivity contribution < 1.29 is 9.53 Å². The monoisotopic (exact) mass is 372 g/mol. The van der Waals surface area contributed by atoms with Gasteiger partial charge in [-0.15, -0.1) is 0 Å². The van der Waals surface area contributed by atoms with Crippen LogP contribution < -0.4 is 10.1 Å². The SMILES string of the molecule is O=C(COc1ccc2ccccc2c1)NCCn1ccc(-c2ccncc2)n1. The van der Waals surface area contributed by atoms with Crippen LogP contribution in [0.3, 0.4) is 0 Å². The summed E-state index contributed by atoms with van der Waals surface area (Å²) in [6.07, 6.45) is 5.38. The number of ether oxygens (including phenoxy) is 1. The summed E-state index contributed by atoms with van der Waals surface area (Å²) in [4.78, 5) is 16.0. The fourth-order valence-electron chi connectivity index (χ4n) is 2.93. The second kappa shape index (κ2) is 8.35. The molecule has 0 spiro atoms. The van der Waals surface area contributed by atoms with Crippen molar-refractivity contribution in [3.8, 4) is 17.0 Å². The maximum Gasteiger partial charge on any atom is 0.258 e. The third-order valence-corrected chi connectivity index (χ3v) is 4.37. The van der Waals surface area contributed by atoms with Gasteiger partial charge in [-0.1, -0.05) is 30.3 Å². The molecule has 1 amide bonds. The molecule has 0 fully saturated rings. The van der Waals surface area contributed by atoms with E-state index in [1.807, 2.05) is 66.9 Å². The Morgan fingerprint density at radius 1 is 1.00 bits per heavy atom. The molecule has 2 aromatic heterocycles. The van der Waals surface area contributed by atoms with Crippen molar-refractivity contribution in [1.29, 1.82) is 0 Å². The lowest BCUT2D eigenvalue weighted by Crippen LogP contribution is -2.31. The summed E-state index contributed by atoms with van der Waals surface area (Å²) >= 11 is 0. The van der Waals surface area contributed by atoms with Gasteiger partial charge >= 0.3 is 0 Å². The number of amides is 1. The largest absolute Gasteiger partial charge is 0.484 e. The number of hydrogen-bond donors (Lipinski definition) is 1. The first kappa shape index (κ1) is 17.7. The zero-order chi connectivity index (χ0) is 19.2. The molecule has 6 nitrogen and oxygen atoms in total. The molecule has 0 bridgehead atoms. The number of pyridine rings is 1. The third kappa shape index (κ3) is 4.35. The van der Waals surface area contributed by atoms with Crippen molar-refractivity contribution in [3.63, 3.8) is 0 Å². The lowest BCUT2D eigenvalue weighted by Gasteiger charge is -2.08. The fraction of sp³-hybridized carbons (Fsp3) is 0.136. The minimum absolute atomic E-state index is 0.0142. The molecular weight excluding hydrogens is 352 g/mol. The fourth-order valence-corrected chi connectivity index (χ4v) is 2.93. The highest BCUT2D eigenvalue weighted by molar-refractivity contribution is 5.84. The second-order valence-electron chi connectivity index (χ2n) is 6.35. The van der Waals surface area contributed by atoms with Crippen molar-refractivity contribution >= 4 is 16.7 Å². The molecule has 4 aromatic rings. The Bertz CT molecular complexity index is 1080. The standard InChI is InChI=1S/C22H20N4O2/c27-22(16-28-20-6-5-17-3-1-2-4-19(17)15-20)24-12-14-26-13-9-21(25-26)18-7-10-23-11-8-18/h1-11,13,15H,12,14,16H2,(H,24,27). The normalized spacial score (nSPS) is 10.7. The highest BCUT2D eigenvalue weighted by Gasteiger charge is 2.05. The molecule has 0 aliphatic rings. The molecule has 140 valence electrons. The molecule has 0 saturated heterocycles. The molecule has 0 atom stereocenters. The molecule has 0 saturated carbocycles. The van der Waals surface area contributed by atoms with Crippen LogP contribution in [0.25, 0.3) is 22.0 Å². The number of carbonyl (C=O) groups is 1. The number of carbonyl (C=O) groups excluding carboxylic acids is 1. The third-order valence-electron chi connectivity index (χ3n) is 4.37. The lowest BCUT2D eigenvalue weighted by molar-refractivity contribution is -0.123. The molecule has 0 unspecified atom stereocenters. The van der Waals surface area contributed by atoms with Crippen LogP contribution in [-0.4, -0.2) is 33.8 Å². The zero-order valence-electron chi connectivity index (χ0n) is 15.3. The highest BCUT2D eigenvalue weighted by atomic mass is 16.5. The maximum atomic E-state index is 12.0. The summed E-state index contributed by atoms with van der Waals surface area (Å²) in [6, 6.07) is 19.6. The average Bonchev–Trinajstić information content (AvgIpc) is 3.22. The predicted octanol–water partition coefficient (Wildman–Crippen LogP) is 3.29. The first-order chi connectivity index (χ1) is 13.8. The van der Waals surface area contributed by atoms with Gasteiger partial charge in [-0.2, -0.15) is 5.10 Å². The van der Waals surface area contributed by atoms with Gasteiger partial charge in [0.25, 0.3) is 5.91 Å². The lowest BCUT2D eigenvalue weighted by atomic mass is 10.1. The minimum atomic E-state index is -0.158. The van der Waals surface area contributed by atoms with Gasteiger partial charge in [0, 0.05) is 30.7 Å². The Kier molecular flexibility index (Phi) is 5.29. The number of aromatic nitrogens is 3. The van der Waals surface area contributed by atoms with Crippen LogP contribution in [0.4, 0.5) is 0 Å². The van der Waals surface area contributed by atoms with Crippen LogP contribution in [0.1, 0.15) is 0 Å². The van der Waals surface area contributed by atoms with Crippen molar-refractivity contribution in [1.82, 2.24) is 20.1 Å². The first-order valence-electron chi connectivity index (χ1n) is 9.10. The first-order valence-corrected chi connectivity index (χ1v) is 9.10. The van der Waals surface area contributed by atoms with Gasteiger partial charge in [0.05, 0.1) is 12.2 Å². The van der Waals surface area contributed by atoms with Gasteiger partial charge in [-0.05, 0) is 41.1 Å². The summed E-state index contributed by atoms with van der Waals surface area (Å²) in [5.41, 5.74) is 1.90. The summed E-state index contributed by atoms with van der Waals surface area (Å²) in [5, 5.41) is 9.59. The van der Waals surface area contributed by atoms with E-state index in [2.05, 4.69) is 15.4 Å². The maximum absolute atomic E-state index is 12.0. The Hall–Kier alpha value is -3.67. The summed E-state index contributed by atoms with van der Waals surface area (Å²) < 4.78 is 7.41. The molecule has 1 N–H and O–H groups in total. The van der Waals surface area contributed by atoms with Crippen LogP contribution >= 0.6 is 0 Å². The van der Waals surface area contributed by atoms with Crippen LogP contribution in [-0.2, 0) is 11.3 Å². The number of rotatable bonds is 7. The van der Waals surface area contributed by atoms with Crippen molar-refractivity contribution in [2.75, 3.05) is 13.2 Å². The number of fused-ring (bicyclic) bond motifs is 1. The summed E-state index contributed by atoms with van der Waals surface area (Å²) in [6.45, 7) is 1.06. The van der Waals surface area contributed by atoms with Crippen LogP contribution in [0.5, 0.6) is 5.75 Å². The van der Waals surface area contributed by atoms with Crippen LogP contribution in [0, 0.1) is 0 Å². The molecular formula is C22H20N4O2. The van der Waals surface area contributed by atoms with Gasteiger partial charge in [-0.25, -0.2) is 0 Å². The Morgan fingerprint density at radius 2 is 1.82 bits per heavy atom. The van der Waals surface area contributed by atoms with Crippen molar-refractivity contribution in [2.45, 2.75) is 6.54 Å². The quantitative estimate of drug-likeness (QED) is 0.540. The number of hydrogen-bond acceptors (Lipinski definition) is 4. The van der Waals surface area contributed by atoms with Crippen molar-refractivity contribution in [2.24, 2.45) is 0 Å². The van der Waals surface area contributed by atoms with Gasteiger partial charge in [0.15, 0.2) is 6.61 Å². The molecule has 28 heavy (non-hydrogen) atoms. The number of nitrogens with one attached hydrogen (secondary N) is 1. The molecule has 4 rings (SSSR count). The zero-order valence-corrected chi connectivity index (χ0v) is 15.3. The smallest absolute Gasteiger partial charge is 0.258 e. The van der Waals surface area contributed by atoms with E-state index in [1.165, 1.54) is 0 Å². The Morgan fingerprint density at radius 3 is 2.68 bits per heavy atom. The molecule has 0 radical (unpaired) electrons. The number of nitrogens with zero attached hydrogens (tertiary/aromatic N) is 3. The number of benzene rings is 2. The van der Waals surface area contributed by atoms with Gasteiger partial charge in [-0.3, -0.25) is 14.5 Å². The predicted molar refractivity (Wildman–Crippen MR) is 108 cm³/mol. The molecule has 2 aromatic carbocycles. The highest BCUT2D eigenvalue weighted by Crippen LogP contribution is 2.20. The van der Waals surface area contributed by atoms with E-state index in [9.17, 15) is 4.79 Å². The van der Waals surface area contributed by atoms with Crippen LogP contribution in [0.2, 0.25) is 0 Å². The topological polar surface area (TPSA) is 69.0 Å². The summed E-state index contributed by atoms with van der Waals surface area (Å²) in [5.74, 6) is 0.526. The molecule has 2 heterocycles. The molecule has 0 aliphatic carbocycles. The van der Waals surface area contributed by atoms with E-state index in [4.69, 9.17) is 4.74 Å². The minimum Gasteiger partial charge on any atom is -0.484 e. The van der Waals surface area contributed by atoms with Gasteiger partial charge in [0.1, 0.15) is 5.75 Å². The van der Waals surface area contributed by atoms with E-state index < -0.39 is 0 Å². The van der Waals surface area contributed by atoms with E-state index in [-0.39, 0.29) is 12.5 Å². The molecule has 6 heteroatoms. The average molecular weight is 372 g/mol. The second-order valence-corrected chi connectivity index (χ2v) is 6.35. The van der Waals surface area contributed by atoms with E-state index >= 15 is 0 Å². The Balaban J connectivity index is 1.24. The van der Waals surface area contributed by atoms with Gasteiger partial charge in [0.2, 0.25) is 0 Å².